The Bertz CT molecular complexity index is 10.8. The zero-order valence-electron chi connectivity index (χ0n) is 2.40. The van der Waals surface area contributed by atoms with E-state index in [-0.39, 0.29) is 0 Å². The van der Waals surface area contributed by atoms with Gasteiger partial charge in [-0.3, -0.25) is 5.84 Å². The van der Waals surface area contributed by atoms with Crippen LogP contribution in [-0.4, -0.2) is 11.6 Å². The van der Waals surface area contributed by atoms with Crippen LogP contribution in [0.2, 0.25) is 0 Å². The Morgan fingerprint density at radius 1 is 2.00 bits per heavy atom. The highest BCUT2D eigenvalue weighted by Crippen LogP contribution is 1.65. The summed E-state index contributed by atoms with van der Waals surface area (Å²) in [5.74, 6) is 4.71. The summed E-state index contributed by atoms with van der Waals surface area (Å²) < 4.78 is 0.972. The molecule has 3 heteroatoms. The number of nitrogens with zero attached hydrogens (tertiary/aromatic N) is 1. The maximum absolute atomic E-state index is 4.89. The number of hydrogen-bond acceptors (Lipinski definition) is 2. The van der Waals surface area contributed by atoms with Crippen LogP contribution in [0.5, 0.6) is 0 Å². The molecule has 0 aromatic rings. The number of hydrazine groups is 1. The second-order valence-corrected chi connectivity index (χ2v) is 1.06. The highest BCUT2D eigenvalue weighted by Gasteiger charge is 1.62. The van der Waals surface area contributed by atoms with Crippen LogP contribution in [0.1, 0.15) is 0 Å². The van der Waals surface area contributed by atoms with Crippen LogP contribution in [0.4, 0.5) is 0 Å². The first-order chi connectivity index (χ1) is 1.73. The lowest BCUT2D eigenvalue weighted by Gasteiger charge is -1.86. The molecule has 0 bridgehead atoms. The van der Waals surface area contributed by atoms with E-state index in [1.54, 1.807) is 7.05 Å². The van der Waals surface area contributed by atoms with E-state index in [9.17, 15) is 0 Å². The van der Waals surface area contributed by atoms with E-state index in [4.69, 9.17) is 17.6 Å². The third-order valence-corrected chi connectivity index (χ3v) is 0. The summed E-state index contributed by atoms with van der Waals surface area (Å²) in [6.07, 6.45) is 0. The van der Waals surface area contributed by atoms with E-state index in [2.05, 4.69) is 0 Å². The van der Waals surface area contributed by atoms with Gasteiger partial charge in [0, 0.05) is 7.05 Å². The van der Waals surface area contributed by atoms with Crippen molar-refractivity contribution in [2.45, 2.75) is 0 Å². The van der Waals surface area contributed by atoms with Gasteiger partial charge in [-0.2, -0.15) is 4.53 Å². The topological polar surface area (TPSA) is 29.3 Å². The van der Waals surface area contributed by atoms with Gasteiger partial charge in [-0.15, -0.1) is 0 Å². The van der Waals surface area contributed by atoms with Crippen molar-refractivity contribution in [2.75, 3.05) is 7.05 Å². The third-order valence-electron chi connectivity index (χ3n) is 0. The van der Waals surface area contributed by atoms with Gasteiger partial charge in [-0.25, -0.2) is 0 Å². The van der Waals surface area contributed by atoms with E-state index in [0.29, 0.717) is 0 Å². The van der Waals surface area contributed by atoms with Crippen molar-refractivity contribution in [1.29, 1.82) is 0 Å². The van der Waals surface area contributed by atoms with Gasteiger partial charge in [0.2, 0.25) is 0 Å². The van der Waals surface area contributed by atoms with Gasteiger partial charge in [0.15, 0.2) is 0 Å². The highest BCUT2D eigenvalue weighted by atomic mass is 35.5. The zero-order chi connectivity index (χ0) is 3.58. The smallest absolute Gasteiger partial charge is 0.0180 e. The lowest BCUT2D eigenvalue weighted by atomic mass is 11.5. The maximum Gasteiger partial charge on any atom is 0.0180 e. The average molecular weight is 80.5 g/mol. The van der Waals surface area contributed by atoms with Gasteiger partial charge < -0.3 is 0 Å². The molecule has 0 aromatic heterocycles. The van der Waals surface area contributed by atoms with Crippen LogP contribution >= 0.6 is 11.8 Å². The average Bonchev–Trinajstić information content (AvgIpc) is 0.811. The zero-order valence-corrected chi connectivity index (χ0v) is 3.16. The molecule has 0 heterocycles. The van der Waals surface area contributed by atoms with E-state index >= 15 is 0 Å². The van der Waals surface area contributed by atoms with Crippen molar-refractivity contribution in [3.63, 3.8) is 0 Å². The minimum absolute atomic E-state index is 0.972. The molecule has 26 valence electrons. The summed E-state index contributed by atoms with van der Waals surface area (Å²) in [4.78, 5) is 0. The summed E-state index contributed by atoms with van der Waals surface area (Å²) in [7, 11) is 1.54. The number of nitrogens with two attached hydrogens (primary N) is 1. The quantitative estimate of drug-likeness (QED) is 0.251. The lowest BCUT2D eigenvalue weighted by molar-refractivity contribution is 0.590. The molecular weight excluding hydrogens is 75.5 g/mol. The van der Waals surface area contributed by atoms with Crippen molar-refractivity contribution >= 4 is 11.8 Å². The molecule has 0 unspecified atom stereocenters. The van der Waals surface area contributed by atoms with Gasteiger partial charge in [0.1, 0.15) is 0 Å². The molecule has 0 saturated heterocycles. The minimum atomic E-state index is 0.972. The van der Waals surface area contributed by atoms with Gasteiger partial charge >= 0.3 is 0 Å². The van der Waals surface area contributed by atoms with Gasteiger partial charge in [-0.05, 0) is 11.8 Å². The van der Waals surface area contributed by atoms with Crippen molar-refractivity contribution in [3.8, 4) is 0 Å². The van der Waals surface area contributed by atoms with Crippen molar-refractivity contribution in [3.05, 3.63) is 0 Å². The molecule has 2 N–H and O–H groups in total. The maximum atomic E-state index is 4.89. The van der Waals surface area contributed by atoms with Crippen molar-refractivity contribution < 1.29 is 0 Å². The highest BCUT2D eigenvalue weighted by molar-refractivity contribution is 6.12. The summed E-state index contributed by atoms with van der Waals surface area (Å²) in [6, 6.07) is 0. The van der Waals surface area contributed by atoms with Crippen LogP contribution in [0.25, 0.3) is 0 Å². The van der Waals surface area contributed by atoms with Crippen LogP contribution in [0.15, 0.2) is 0 Å². The Balaban J connectivity index is 2.32. The van der Waals surface area contributed by atoms with Crippen molar-refractivity contribution in [1.82, 2.24) is 4.53 Å². The first kappa shape index (κ1) is 4.21. The third kappa shape index (κ3) is 73.4. The molecule has 0 amide bonds. The summed E-state index contributed by atoms with van der Waals surface area (Å²) in [5, 5.41) is 0. The number of rotatable bonds is 0. The molecule has 0 rings (SSSR count). The molecule has 0 saturated carbocycles. The monoisotopic (exact) mass is 80.0 g/mol. The molecular formula is CH5ClN2. The fraction of sp³-hybridized carbons (Fsp3) is 1.00. The second kappa shape index (κ2) is 1.52. The predicted octanol–water partition coefficient (Wildman–Crippen LogP) is -0.0543. The van der Waals surface area contributed by atoms with Gasteiger partial charge in [0.05, 0.1) is 0 Å². The summed E-state index contributed by atoms with van der Waals surface area (Å²) in [6.45, 7) is 0. The van der Waals surface area contributed by atoms with Gasteiger partial charge in [0.25, 0.3) is 0 Å². The molecule has 0 spiro atoms. The van der Waals surface area contributed by atoms with E-state index in [1.807, 2.05) is 0 Å². The Kier molecular flexibility index (Phi) is 1.60. The van der Waals surface area contributed by atoms with Gasteiger partial charge in [-0.1, -0.05) is 0 Å². The fourth-order valence-electron chi connectivity index (χ4n) is 0. The first-order valence-corrected chi connectivity index (χ1v) is 1.21. The molecule has 2 nitrogen and oxygen atoms in total. The molecule has 0 atom stereocenters. The summed E-state index contributed by atoms with van der Waals surface area (Å²) >= 11 is 4.89. The van der Waals surface area contributed by atoms with E-state index in [0.717, 1.165) is 4.53 Å². The SMILES string of the molecule is CN(N)Cl. The molecule has 0 aliphatic heterocycles. The second-order valence-electron chi connectivity index (χ2n) is 0.525. The number of hydrogen-bond donors (Lipinski definition) is 1. The minimum Gasteiger partial charge on any atom is -0.255 e. The molecule has 0 aliphatic carbocycles. The Labute approximate surface area is 30.2 Å². The van der Waals surface area contributed by atoms with E-state index < -0.39 is 0 Å². The van der Waals surface area contributed by atoms with Crippen LogP contribution in [-0.2, 0) is 0 Å². The van der Waals surface area contributed by atoms with Crippen LogP contribution < -0.4 is 5.84 Å². The fourth-order valence-corrected chi connectivity index (χ4v) is 0. The normalized spacial score (nSPS) is 9.00. The predicted molar refractivity (Wildman–Crippen MR) is 17.8 cm³/mol. The molecule has 4 heavy (non-hydrogen) atoms. The molecule has 0 radical (unpaired) electrons. The molecule has 0 fully saturated rings. The first-order valence-electron chi connectivity index (χ1n) is 0.874. The Hall–Kier alpha value is 0.210. The molecule has 0 aliphatic rings. The Morgan fingerprint density at radius 2 is 2.00 bits per heavy atom. The van der Waals surface area contributed by atoms with E-state index in [1.165, 1.54) is 0 Å². The number of halogens is 1. The Morgan fingerprint density at radius 3 is 2.00 bits per heavy atom. The summed E-state index contributed by atoms with van der Waals surface area (Å²) in [5.41, 5.74) is 0. The largest absolute Gasteiger partial charge is 0.255 e. The standard InChI is InChI=1S/CH5ClN2/c1-4(2)3/h3H2,1H3. The lowest BCUT2D eigenvalue weighted by Crippen LogP contribution is -2.11. The van der Waals surface area contributed by atoms with Crippen LogP contribution in [0, 0.1) is 0 Å². The van der Waals surface area contributed by atoms with Crippen LogP contribution in [0.3, 0.4) is 0 Å². The molecule has 0 aromatic carbocycles. The van der Waals surface area contributed by atoms with Crippen molar-refractivity contribution in [2.24, 2.45) is 5.84 Å².